The molecule has 0 saturated heterocycles. The van der Waals surface area contributed by atoms with Gasteiger partial charge in [-0.3, -0.25) is 0 Å². The summed E-state index contributed by atoms with van der Waals surface area (Å²) in [6, 6.07) is 0. The molecule has 0 heterocycles. The number of hydrogen-bond acceptors (Lipinski definition) is 1. The predicted octanol–water partition coefficient (Wildman–Crippen LogP) is 2.20. The molecule has 1 nitrogen and oxygen atoms in total. The van der Waals surface area contributed by atoms with Crippen LogP contribution in [0, 0.1) is 5.92 Å². The lowest BCUT2D eigenvalue weighted by Crippen LogP contribution is -2.11. The summed E-state index contributed by atoms with van der Waals surface area (Å²) in [5, 5.41) is 3.24. The molecule has 60 valence electrons. The van der Waals surface area contributed by atoms with Crippen LogP contribution >= 0.6 is 0 Å². The van der Waals surface area contributed by atoms with Gasteiger partial charge in [0, 0.05) is 6.54 Å². The summed E-state index contributed by atoms with van der Waals surface area (Å²) in [6.07, 6.45) is 5.64. The Morgan fingerprint density at radius 3 is 2.50 bits per heavy atom. The van der Waals surface area contributed by atoms with Crippen molar-refractivity contribution in [2.75, 3.05) is 13.1 Å². The first kappa shape index (κ1) is 9.70. The van der Waals surface area contributed by atoms with E-state index in [0.717, 1.165) is 19.0 Å². The zero-order valence-electron chi connectivity index (χ0n) is 7.35. The quantitative estimate of drug-likeness (QED) is 0.457. The van der Waals surface area contributed by atoms with Crippen molar-refractivity contribution < 1.29 is 0 Å². The third-order valence-corrected chi connectivity index (χ3v) is 1.29. The largest absolute Gasteiger partial charge is 0.314 e. The first-order chi connectivity index (χ1) is 4.77. The minimum Gasteiger partial charge on any atom is -0.314 e. The van der Waals surface area contributed by atoms with Crippen LogP contribution in [-0.4, -0.2) is 13.1 Å². The van der Waals surface area contributed by atoms with E-state index in [9.17, 15) is 0 Å². The van der Waals surface area contributed by atoms with Gasteiger partial charge in [-0.05, 0) is 18.9 Å². The van der Waals surface area contributed by atoms with Gasteiger partial charge in [-0.25, -0.2) is 0 Å². The van der Waals surface area contributed by atoms with E-state index in [4.69, 9.17) is 0 Å². The summed E-state index contributed by atoms with van der Waals surface area (Å²) in [6.45, 7) is 8.67. The van der Waals surface area contributed by atoms with Crippen molar-refractivity contribution in [2.24, 2.45) is 5.92 Å². The van der Waals surface area contributed by atoms with Gasteiger partial charge in [0.25, 0.3) is 0 Å². The van der Waals surface area contributed by atoms with E-state index in [0.29, 0.717) is 0 Å². The molecule has 0 unspecified atom stereocenters. The van der Waals surface area contributed by atoms with Crippen molar-refractivity contribution in [3.63, 3.8) is 0 Å². The third kappa shape index (κ3) is 7.70. The molecule has 0 aliphatic heterocycles. The van der Waals surface area contributed by atoms with E-state index in [1.165, 1.54) is 6.42 Å². The molecule has 0 aromatic heterocycles. The average molecular weight is 141 g/mol. The minimum atomic E-state index is 0.790. The SMILES string of the molecule is CCNC/C=C\CC(C)C. The molecule has 0 fully saturated rings. The Hall–Kier alpha value is -0.300. The molecule has 1 N–H and O–H groups in total. The van der Waals surface area contributed by atoms with Crippen LogP contribution in [0.15, 0.2) is 12.2 Å². The molecule has 0 aliphatic carbocycles. The fraction of sp³-hybridized carbons (Fsp3) is 0.778. The highest BCUT2D eigenvalue weighted by atomic mass is 14.8. The van der Waals surface area contributed by atoms with Crippen molar-refractivity contribution in [3.8, 4) is 0 Å². The van der Waals surface area contributed by atoms with E-state index in [1.807, 2.05) is 0 Å². The summed E-state index contributed by atoms with van der Waals surface area (Å²) >= 11 is 0. The van der Waals surface area contributed by atoms with Crippen LogP contribution in [0.2, 0.25) is 0 Å². The minimum absolute atomic E-state index is 0.790. The van der Waals surface area contributed by atoms with Gasteiger partial charge in [-0.2, -0.15) is 0 Å². The fourth-order valence-electron chi connectivity index (χ4n) is 0.679. The van der Waals surface area contributed by atoms with Crippen LogP contribution in [0.25, 0.3) is 0 Å². The lowest BCUT2D eigenvalue weighted by molar-refractivity contribution is 0.661. The lowest BCUT2D eigenvalue weighted by Gasteiger charge is -1.97. The monoisotopic (exact) mass is 141 g/mol. The first-order valence-corrected chi connectivity index (χ1v) is 4.13. The molecule has 0 radical (unpaired) electrons. The number of likely N-dealkylation sites (N-methyl/N-ethyl adjacent to an activating group) is 1. The van der Waals surface area contributed by atoms with Crippen LogP contribution < -0.4 is 5.32 Å². The molecule has 0 bridgehead atoms. The molecule has 0 spiro atoms. The first-order valence-electron chi connectivity index (χ1n) is 4.13. The molecule has 10 heavy (non-hydrogen) atoms. The Bertz CT molecular complexity index is 84.7. The summed E-state index contributed by atoms with van der Waals surface area (Å²) in [5.41, 5.74) is 0. The highest BCUT2D eigenvalue weighted by Crippen LogP contribution is 1.98. The second kappa shape index (κ2) is 6.81. The van der Waals surface area contributed by atoms with Gasteiger partial charge in [0.05, 0.1) is 0 Å². The molecule has 0 aliphatic rings. The van der Waals surface area contributed by atoms with Crippen molar-refractivity contribution in [3.05, 3.63) is 12.2 Å². The maximum atomic E-state index is 3.24. The van der Waals surface area contributed by atoms with Gasteiger partial charge < -0.3 is 5.32 Å². The topological polar surface area (TPSA) is 12.0 Å². The second-order valence-electron chi connectivity index (χ2n) is 2.91. The van der Waals surface area contributed by atoms with Crippen molar-refractivity contribution in [2.45, 2.75) is 27.2 Å². The van der Waals surface area contributed by atoms with E-state index in [2.05, 4.69) is 38.2 Å². The summed E-state index contributed by atoms with van der Waals surface area (Å²) in [4.78, 5) is 0. The van der Waals surface area contributed by atoms with Crippen LogP contribution in [-0.2, 0) is 0 Å². The van der Waals surface area contributed by atoms with Crippen LogP contribution in [0.3, 0.4) is 0 Å². The van der Waals surface area contributed by atoms with Crippen LogP contribution in [0.4, 0.5) is 0 Å². The van der Waals surface area contributed by atoms with Crippen LogP contribution in [0.1, 0.15) is 27.2 Å². The highest BCUT2D eigenvalue weighted by Gasteiger charge is 1.85. The standard InChI is InChI=1S/C9H19N/c1-4-10-8-6-5-7-9(2)3/h5-6,9-10H,4,7-8H2,1-3H3/b6-5-. The van der Waals surface area contributed by atoms with Gasteiger partial charge in [-0.15, -0.1) is 0 Å². The Morgan fingerprint density at radius 2 is 2.00 bits per heavy atom. The molecule has 0 amide bonds. The normalized spacial score (nSPS) is 11.6. The smallest absolute Gasteiger partial charge is 0.0134 e. The van der Waals surface area contributed by atoms with Crippen molar-refractivity contribution >= 4 is 0 Å². The number of hydrogen-bond donors (Lipinski definition) is 1. The van der Waals surface area contributed by atoms with Gasteiger partial charge in [0.15, 0.2) is 0 Å². The van der Waals surface area contributed by atoms with Gasteiger partial charge in [-0.1, -0.05) is 32.9 Å². The molecule has 0 saturated carbocycles. The predicted molar refractivity (Wildman–Crippen MR) is 47.1 cm³/mol. The van der Waals surface area contributed by atoms with Gasteiger partial charge in [0.1, 0.15) is 0 Å². The summed E-state index contributed by atoms with van der Waals surface area (Å²) in [7, 11) is 0. The molecule has 0 rings (SSSR count). The van der Waals surface area contributed by atoms with E-state index in [1.54, 1.807) is 0 Å². The molecule has 1 heteroatoms. The zero-order chi connectivity index (χ0) is 7.82. The number of nitrogens with one attached hydrogen (secondary N) is 1. The maximum Gasteiger partial charge on any atom is 0.0134 e. The maximum absolute atomic E-state index is 3.24. The summed E-state index contributed by atoms with van der Waals surface area (Å²) in [5.74, 6) is 0.790. The van der Waals surface area contributed by atoms with Crippen molar-refractivity contribution in [1.82, 2.24) is 5.32 Å². The summed E-state index contributed by atoms with van der Waals surface area (Å²) < 4.78 is 0. The highest BCUT2D eigenvalue weighted by molar-refractivity contribution is 4.84. The third-order valence-electron chi connectivity index (χ3n) is 1.29. The number of rotatable bonds is 5. The Kier molecular flexibility index (Phi) is 6.61. The van der Waals surface area contributed by atoms with Crippen molar-refractivity contribution in [1.29, 1.82) is 0 Å². The molecule has 0 atom stereocenters. The van der Waals surface area contributed by atoms with E-state index in [-0.39, 0.29) is 0 Å². The molecule has 0 aromatic rings. The second-order valence-corrected chi connectivity index (χ2v) is 2.91. The Morgan fingerprint density at radius 1 is 1.30 bits per heavy atom. The molecule has 0 aromatic carbocycles. The van der Waals surface area contributed by atoms with E-state index < -0.39 is 0 Å². The molecular weight excluding hydrogens is 122 g/mol. The zero-order valence-corrected chi connectivity index (χ0v) is 7.35. The van der Waals surface area contributed by atoms with Gasteiger partial charge >= 0.3 is 0 Å². The fourth-order valence-corrected chi connectivity index (χ4v) is 0.679. The Labute approximate surface area is 64.5 Å². The van der Waals surface area contributed by atoms with E-state index >= 15 is 0 Å². The number of allylic oxidation sites excluding steroid dienone is 1. The lowest BCUT2D eigenvalue weighted by atomic mass is 10.1. The Balaban J connectivity index is 3.04. The average Bonchev–Trinajstić information content (AvgIpc) is 1.87. The van der Waals surface area contributed by atoms with Crippen LogP contribution in [0.5, 0.6) is 0 Å². The molecular formula is C9H19N. The van der Waals surface area contributed by atoms with Gasteiger partial charge in [0.2, 0.25) is 0 Å².